The van der Waals surface area contributed by atoms with Crippen LogP contribution in [0.3, 0.4) is 0 Å². The molecule has 2 rings (SSSR count). The van der Waals surface area contributed by atoms with Crippen molar-refractivity contribution < 1.29 is 22.5 Å². The maximum absolute atomic E-state index is 12.1. The lowest BCUT2D eigenvalue weighted by atomic mass is 9.79. The molecule has 0 spiro atoms. The minimum atomic E-state index is -3.41. The van der Waals surface area contributed by atoms with Crippen LogP contribution in [0.1, 0.15) is 41.0 Å². The zero-order valence-electron chi connectivity index (χ0n) is 15.2. The molecular weight excluding hydrogens is 329 g/mol. The summed E-state index contributed by atoms with van der Waals surface area (Å²) in [5, 5.41) is 0. The van der Waals surface area contributed by atoms with Crippen LogP contribution in [0.15, 0.2) is 18.2 Å². The average molecular weight is 355 g/mol. The monoisotopic (exact) mass is 355 g/mol. The Bertz CT molecular complexity index is 686. The summed E-state index contributed by atoms with van der Waals surface area (Å²) in [6, 6.07) is 5.23. The fraction of sp³-hybridized carbons (Fsp3) is 0.625. The van der Waals surface area contributed by atoms with Gasteiger partial charge in [-0.05, 0) is 51.7 Å². The van der Waals surface area contributed by atoms with Gasteiger partial charge in [0.1, 0.15) is 5.75 Å². The van der Waals surface area contributed by atoms with Crippen LogP contribution in [0.4, 0.5) is 5.69 Å². The number of rotatable bonds is 6. The topological polar surface area (TPSA) is 73.9 Å². The van der Waals surface area contributed by atoms with Gasteiger partial charge < -0.3 is 14.0 Å². The molecule has 1 fully saturated rings. The zero-order chi connectivity index (χ0) is 18.2. The van der Waals surface area contributed by atoms with Crippen LogP contribution in [0, 0.1) is 0 Å². The van der Waals surface area contributed by atoms with Gasteiger partial charge in [-0.25, -0.2) is 8.42 Å². The second kappa shape index (κ2) is 6.57. The Labute approximate surface area is 145 Å². The zero-order valence-corrected chi connectivity index (χ0v) is 16.0. The molecule has 0 bridgehead atoms. The number of ether oxygens (including phenoxy) is 1. The highest BCUT2D eigenvalue weighted by Gasteiger charge is 2.51. The minimum absolute atomic E-state index is 0.0525. The Balaban J connectivity index is 2.33. The third-order valence-corrected chi connectivity index (χ3v) is 5.96. The van der Waals surface area contributed by atoms with Gasteiger partial charge in [0.25, 0.3) is 0 Å². The van der Waals surface area contributed by atoms with Crippen molar-refractivity contribution in [2.45, 2.75) is 52.2 Å². The molecule has 1 aromatic carbocycles. The van der Waals surface area contributed by atoms with Crippen LogP contribution < -0.4 is 14.9 Å². The van der Waals surface area contributed by atoms with E-state index < -0.39 is 28.3 Å². The average Bonchev–Trinajstić information content (AvgIpc) is 2.67. The molecule has 1 saturated heterocycles. The molecule has 0 radical (unpaired) electrons. The van der Waals surface area contributed by atoms with Crippen molar-refractivity contribution in [1.82, 2.24) is 0 Å². The predicted molar refractivity (Wildman–Crippen MR) is 96.4 cm³/mol. The van der Waals surface area contributed by atoms with E-state index in [0.717, 1.165) is 5.46 Å². The third kappa shape index (κ3) is 3.87. The summed E-state index contributed by atoms with van der Waals surface area (Å²) in [4.78, 5) is 0. The van der Waals surface area contributed by atoms with Gasteiger partial charge in [-0.15, -0.1) is 0 Å². The van der Waals surface area contributed by atoms with Gasteiger partial charge in [-0.1, -0.05) is 13.0 Å². The number of methoxy groups -OCH3 is 1. The fourth-order valence-corrected chi connectivity index (χ4v) is 3.55. The van der Waals surface area contributed by atoms with Gasteiger partial charge in [0.15, 0.2) is 0 Å². The van der Waals surface area contributed by atoms with Crippen molar-refractivity contribution in [3.63, 3.8) is 0 Å². The summed E-state index contributed by atoms with van der Waals surface area (Å²) in [5.74, 6) is 0.506. The van der Waals surface area contributed by atoms with Crippen LogP contribution in [0.25, 0.3) is 0 Å². The van der Waals surface area contributed by atoms with E-state index in [-0.39, 0.29) is 5.75 Å². The highest BCUT2D eigenvalue weighted by Crippen LogP contribution is 2.37. The van der Waals surface area contributed by atoms with E-state index in [2.05, 4.69) is 4.72 Å². The molecule has 1 N–H and O–H groups in total. The van der Waals surface area contributed by atoms with Crippen LogP contribution in [-0.4, -0.2) is 39.6 Å². The van der Waals surface area contributed by atoms with Gasteiger partial charge in [0, 0.05) is 0 Å². The van der Waals surface area contributed by atoms with E-state index in [4.69, 9.17) is 14.0 Å². The lowest BCUT2D eigenvalue weighted by Crippen LogP contribution is -2.41. The first-order valence-corrected chi connectivity index (χ1v) is 9.70. The lowest BCUT2D eigenvalue weighted by molar-refractivity contribution is 0.00578. The Morgan fingerprint density at radius 2 is 1.75 bits per heavy atom. The molecule has 0 saturated carbocycles. The van der Waals surface area contributed by atoms with Crippen molar-refractivity contribution >= 4 is 28.3 Å². The van der Waals surface area contributed by atoms with Crippen molar-refractivity contribution in [2.24, 2.45) is 0 Å². The first-order valence-electron chi connectivity index (χ1n) is 8.05. The molecule has 0 aliphatic carbocycles. The van der Waals surface area contributed by atoms with Gasteiger partial charge >= 0.3 is 7.12 Å². The number of sulfonamides is 1. The molecule has 0 aromatic heterocycles. The summed E-state index contributed by atoms with van der Waals surface area (Å²) in [5.41, 5.74) is 0.209. The van der Waals surface area contributed by atoms with E-state index in [9.17, 15) is 8.42 Å². The number of nitrogens with one attached hydrogen (secondary N) is 1. The molecule has 1 aliphatic rings. The summed E-state index contributed by atoms with van der Waals surface area (Å²) in [6.45, 7) is 9.71. The molecule has 24 heavy (non-hydrogen) atoms. The lowest BCUT2D eigenvalue weighted by Gasteiger charge is -2.32. The van der Waals surface area contributed by atoms with Crippen molar-refractivity contribution in [2.75, 3.05) is 17.6 Å². The van der Waals surface area contributed by atoms with E-state index in [0.29, 0.717) is 17.9 Å². The maximum Gasteiger partial charge on any atom is 0.494 e. The highest BCUT2D eigenvalue weighted by molar-refractivity contribution is 7.92. The van der Waals surface area contributed by atoms with E-state index in [1.54, 1.807) is 12.1 Å². The molecule has 1 heterocycles. The van der Waals surface area contributed by atoms with Crippen LogP contribution >= 0.6 is 0 Å². The van der Waals surface area contributed by atoms with Crippen molar-refractivity contribution in [3.8, 4) is 5.75 Å². The van der Waals surface area contributed by atoms with E-state index in [1.807, 2.05) is 40.7 Å². The molecule has 1 aromatic rings. The Morgan fingerprint density at radius 1 is 1.17 bits per heavy atom. The molecule has 1 aliphatic heterocycles. The highest BCUT2D eigenvalue weighted by atomic mass is 32.2. The largest absolute Gasteiger partial charge is 0.495 e. The van der Waals surface area contributed by atoms with Gasteiger partial charge in [-0.2, -0.15) is 0 Å². The number of anilines is 1. The van der Waals surface area contributed by atoms with Gasteiger partial charge in [0.05, 0.1) is 29.8 Å². The molecule has 6 nitrogen and oxygen atoms in total. The second-order valence-corrected chi connectivity index (χ2v) is 8.81. The standard InChI is InChI=1S/C16H26BNO5S/c1-7-10-24(19,20)18-13-11-12(8-9-14(13)21-6)17-22-15(2,3)16(4,5)23-17/h8-9,11,18H,7,10H2,1-6H3. The van der Waals surface area contributed by atoms with Gasteiger partial charge in [-0.3, -0.25) is 4.72 Å². The van der Waals surface area contributed by atoms with E-state index >= 15 is 0 Å². The minimum Gasteiger partial charge on any atom is -0.495 e. The molecular formula is C16H26BNO5S. The summed E-state index contributed by atoms with van der Waals surface area (Å²) >= 11 is 0. The smallest absolute Gasteiger partial charge is 0.494 e. The SMILES string of the molecule is CCCS(=O)(=O)Nc1cc(B2OC(C)(C)C(C)(C)O2)ccc1OC. The predicted octanol–water partition coefficient (Wildman–Crippen LogP) is 2.15. The Kier molecular flexibility index (Phi) is 5.23. The molecule has 8 heteroatoms. The van der Waals surface area contributed by atoms with Crippen molar-refractivity contribution in [1.29, 1.82) is 0 Å². The van der Waals surface area contributed by atoms with Crippen LogP contribution in [0.2, 0.25) is 0 Å². The number of hydrogen-bond donors (Lipinski definition) is 1. The normalized spacial score (nSPS) is 19.3. The third-order valence-electron chi connectivity index (χ3n) is 4.49. The van der Waals surface area contributed by atoms with Crippen LogP contribution in [-0.2, 0) is 19.3 Å². The molecule has 134 valence electrons. The molecule has 0 unspecified atom stereocenters. The second-order valence-electron chi connectivity index (χ2n) is 6.97. The first kappa shape index (κ1) is 19.1. The fourth-order valence-electron chi connectivity index (χ4n) is 2.42. The molecule has 0 atom stereocenters. The summed E-state index contributed by atoms with van der Waals surface area (Å²) < 4.78 is 44.0. The number of benzene rings is 1. The van der Waals surface area contributed by atoms with Crippen LogP contribution in [0.5, 0.6) is 5.75 Å². The Morgan fingerprint density at radius 3 is 2.25 bits per heavy atom. The number of hydrogen-bond acceptors (Lipinski definition) is 5. The van der Waals surface area contributed by atoms with E-state index in [1.165, 1.54) is 7.11 Å². The molecule has 0 amide bonds. The van der Waals surface area contributed by atoms with Gasteiger partial charge in [0.2, 0.25) is 10.0 Å². The summed E-state index contributed by atoms with van der Waals surface area (Å²) in [6.07, 6.45) is 0.536. The summed E-state index contributed by atoms with van der Waals surface area (Å²) in [7, 11) is -2.47. The Hall–Kier alpha value is -1.25. The first-order chi connectivity index (χ1) is 11.0. The quantitative estimate of drug-likeness (QED) is 0.792. The van der Waals surface area contributed by atoms with Crippen molar-refractivity contribution in [3.05, 3.63) is 18.2 Å². The maximum atomic E-state index is 12.1.